The molecule has 0 spiro atoms. The van der Waals surface area contributed by atoms with E-state index in [-0.39, 0.29) is 6.61 Å². The number of ether oxygens (including phenoxy) is 1. The fourth-order valence-electron chi connectivity index (χ4n) is 2.39. The van der Waals surface area contributed by atoms with Crippen LogP contribution >= 0.6 is 0 Å². The molecule has 0 aliphatic rings. The molecule has 1 heterocycles. The Morgan fingerprint density at radius 1 is 1.50 bits per heavy atom. The molecule has 0 saturated carbocycles. The van der Waals surface area contributed by atoms with E-state index in [9.17, 15) is 9.90 Å². The molecule has 0 fully saturated rings. The van der Waals surface area contributed by atoms with Gasteiger partial charge in [-0.3, -0.25) is 0 Å². The first-order chi connectivity index (χ1) is 11.2. The number of aliphatic hydroxyl groups excluding tert-OH is 1. The molecule has 7 nitrogen and oxygen atoms in total. The summed E-state index contributed by atoms with van der Waals surface area (Å²) in [6, 6.07) is 7.21. The Kier molecular flexibility index (Phi) is 5.10. The minimum Gasteiger partial charge on any atom is -0.444 e. The molecule has 1 aromatic carbocycles. The summed E-state index contributed by atoms with van der Waals surface area (Å²) in [5, 5.41) is 21.2. The van der Waals surface area contributed by atoms with E-state index in [0.717, 1.165) is 11.1 Å². The highest BCUT2D eigenvalue weighted by Gasteiger charge is 2.19. The summed E-state index contributed by atoms with van der Waals surface area (Å²) in [7, 11) is 1.79. The van der Waals surface area contributed by atoms with E-state index in [0.29, 0.717) is 17.8 Å². The molecule has 1 amide bonds. The number of alkyl carbamates (subject to hydrolysis) is 1. The van der Waals surface area contributed by atoms with Crippen LogP contribution in [-0.2, 0) is 18.2 Å². The number of aromatic nitrogens is 2. The van der Waals surface area contributed by atoms with Gasteiger partial charge in [0.25, 0.3) is 0 Å². The van der Waals surface area contributed by atoms with Gasteiger partial charge in [0.1, 0.15) is 11.7 Å². The van der Waals surface area contributed by atoms with Crippen LogP contribution in [0.15, 0.2) is 18.2 Å². The highest BCUT2D eigenvalue weighted by Crippen LogP contribution is 2.17. The van der Waals surface area contributed by atoms with Crippen LogP contribution in [-0.4, -0.2) is 39.0 Å². The summed E-state index contributed by atoms with van der Waals surface area (Å²) < 4.78 is 6.92. The third kappa shape index (κ3) is 4.24. The number of nitrogens with zero attached hydrogens (tertiary/aromatic N) is 3. The average molecular weight is 330 g/mol. The summed E-state index contributed by atoms with van der Waals surface area (Å²) in [5.74, 6) is 0.340. The molecular weight excluding hydrogens is 308 g/mol. The van der Waals surface area contributed by atoms with E-state index < -0.39 is 17.7 Å². The van der Waals surface area contributed by atoms with Gasteiger partial charge in [0.15, 0.2) is 0 Å². The molecule has 7 heteroatoms. The smallest absolute Gasteiger partial charge is 0.407 e. The second kappa shape index (κ2) is 6.89. The van der Waals surface area contributed by atoms with E-state index in [1.54, 1.807) is 32.4 Å². The van der Waals surface area contributed by atoms with Crippen molar-refractivity contribution in [3.8, 4) is 6.07 Å². The standard InChI is InChI=1S/C17H22N4O3/c1-17(2,3)24-16(23)19-12(10-22)7-11-5-6-14-13(8-11)20-15(9-18)21(14)4/h5-6,8,12,22H,7,10H2,1-4H3,(H,19,23). The van der Waals surface area contributed by atoms with Gasteiger partial charge in [0.2, 0.25) is 5.82 Å². The van der Waals surface area contributed by atoms with Crippen molar-refractivity contribution in [2.45, 2.75) is 38.8 Å². The molecule has 24 heavy (non-hydrogen) atoms. The first-order valence-electron chi connectivity index (χ1n) is 7.69. The normalized spacial score (nSPS) is 12.7. The van der Waals surface area contributed by atoms with Gasteiger partial charge in [0, 0.05) is 7.05 Å². The Labute approximate surface area is 140 Å². The van der Waals surface area contributed by atoms with E-state index in [4.69, 9.17) is 10.00 Å². The van der Waals surface area contributed by atoms with Crippen molar-refractivity contribution in [2.75, 3.05) is 6.61 Å². The van der Waals surface area contributed by atoms with Crippen LogP contribution in [0, 0.1) is 11.3 Å². The van der Waals surface area contributed by atoms with E-state index in [1.165, 1.54) is 0 Å². The number of aryl methyl sites for hydroxylation is 1. The number of imidazole rings is 1. The third-order valence-corrected chi connectivity index (χ3v) is 3.47. The minimum absolute atomic E-state index is 0.205. The summed E-state index contributed by atoms with van der Waals surface area (Å²) in [6.07, 6.45) is -0.128. The van der Waals surface area contributed by atoms with Crippen LogP contribution in [0.3, 0.4) is 0 Å². The Morgan fingerprint density at radius 2 is 2.21 bits per heavy atom. The van der Waals surface area contributed by atoms with Crippen LogP contribution in [0.5, 0.6) is 0 Å². The van der Waals surface area contributed by atoms with Crippen molar-refractivity contribution in [3.63, 3.8) is 0 Å². The molecule has 0 aliphatic heterocycles. The highest BCUT2D eigenvalue weighted by atomic mass is 16.6. The largest absolute Gasteiger partial charge is 0.444 e. The van der Waals surface area contributed by atoms with Gasteiger partial charge in [-0.15, -0.1) is 0 Å². The minimum atomic E-state index is -0.593. The van der Waals surface area contributed by atoms with Gasteiger partial charge in [-0.05, 0) is 44.9 Å². The van der Waals surface area contributed by atoms with Gasteiger partial charge in [-0.2, -0.15) is 5.26 Å². The van der Waals surface area contributed by atoms with Crippen molar-refractivity contribution in [3.05, 3.63) is 29.6 Å². The number of carbonyl (C=O) groups excluding carboxylic acids is 1. The molecule has 1 aromatic heterocycles. The number of nitrogens with one attached hydrogen (secondary N) is 1. The maximum absolute atomic E-state index is 11.8. The molecule has 0 bridgehead atoms. The Balaban J connectivity index is 2.12. The monoisotopic (exact) mass is 330 g/mol. The van der Waals surface area contributed by atoms with Crippen molar-refractivity contribution >= 4 is 17.1 Å². The number of amides is 1. The Hall–Kier alpha value is -2.59. The van der Waals surface area contributed by atoms with Crippen LogP contribution in [0.2, 0.25) is 0 Å². The van der Waals surface area contributed by atoms with E-state index in [1.807, 2.05) is 24.3 Å². The number of nitriles is 1. The zero-order valence-electron chi connectivity index (χ0n) is 14.3. The molecule has 2 rings (SSSR count). The van der Waals surface area contributed by atoms with Crippen molar-refractivity contribution in [1.29, 1.82) is 5.26 Å². The molecule has 1 unspecified atom stereocenters. The fourth-order valence-corrected chi connectivity index (χ4v) is 2.39. The number of carbonyl (C=O) groups is 1. The second-order valence-corrected chi connectivity index (χ2v) is 6.66. The average Bonchev–Trinajstić information content (AvgIpc) is 2.80. The molecule has 0 radical (unpaired) electrons. The van der Waals surface area contributed by atoms with Crippen LogP contribution in [0.1, 0.15) is 32.2 Å². The first-order valence-corrected chi connectivity index (χ1v) is 7.69. The van der Waals surface area contributed by atoms with Crippen molar-refractivity contribution < 1.29 is 14.6 Å². The fraction of sp³-hybridized carbons (Fsp3) is 0.471. The lowest BCUT2D eigenvalue weighted by molar-refractivity contribution is 0.0483. The van der Waals surface area contributed by atoms with Crippen molar-refractivity contribution in [2.24, 2.45) is 7.05 Å². The maximum Gasteiger partial charge on any atom is 0.407 e. The number of hydrogen-bond acceptors (Lipinski definition) is 5. The third-order valence-electron chi connectivity index (χ3n) is 3.47. The lowest BCUT2D eigenvalue weighted by Crippen LogP contribution is -2.42. The summed E-state index contributed by atoms with van der Waals surface area (Å²) in [4.78, 5) is 16.1. The number of hydrogen-bond donors (Lipinski definition) is 2. The summed E-state index contributed by atoms with van der Waals surface area (Å²) >= 11 is 0. The van der Waals surface area contributed by atoms with Crippen LogP contribution in [0.4, 0.5) is 4.79 Å². The van der Waals surface area contributed by atoms with Gasteiger partial charge >= 0.3 is 6.09 Å². The van der Waals surface area contributed by atoms with Gasteiger partial charge in [0.05, 0.1) is 23.7 Å². The Bertz CT molecular complexity index is 783. The number of fused-ring (bicyclic) bond motifs is 1. The number of aliphatic hydroxyl groups is 1. The lowest BCUT2D eigenvalue weighted by Gasteiger charge is -2.22. The van der Waals surface area contributed by atoms with Crippen molar-refractivity contribution in [1.82, 2.24) is 14.9 Å². The topological polar surface area (TPSA) is 100 Å². The Morgan fingerprint density at radius 3 is 2.79 bits per heavy atom. The van der Waals surface area contributed by atoms with Crippen LogP contribution < -0.4 is 5.32 Å². The molecule has 0 saturated heterocycles. The summed E-state index contributed by atoms with van der Waals surface area (Å²) in [5.41, 5.74) is 1.88. The number of benzene rings is 1. The number of rotatable bonds is 4. The van der Waals surface area contributed by atoms with Gasteiger partial charge in [-0.25, -0.2) is 9.78 Å². The SMILES string of the molecule is Cn1c(C#N)nc2cc(CC(CO)NC(=O)OC(C)(C)C)ccc21. The van der Waals surface area contributed by atoms with E-state index in [2.05, 4.69) is 10.3 Å². The molecular formula is C17H22N4O3. The van der Waals surface area contributed by atoms with Crippen LogP contribution in [0.25, 0.3) is 11.0 Å². The molecule has 128 valence electrons. The zero-order valence-corrected chi connectivity index (χ0v) is 14.3. The maximum atomic E-state index is 11.8. The summed E-state index contributed by atoms with van der Waals surface area (Å²) in [6.45, 7) is 5.13. The first kappa shape index (κ1) is 17.8. The molecule has 2 aromatic rings. The quantitative estimate of drug-likeness (QED) is 0.891. The molecule has 0 aliphatic carbocycles. The van der Waals surface area contributed by atoms with E-state index >= 15 is 0 Å². The zero-order chi connectivity index (χ0) is 17.9. The lowest BCUT2D eigenvalue weighted by atomic mass is 10.1. The van der Waals surface area contributed by atoms with Gasteiger partial charge in [-0.1, -0.05) is 6.07 Å². The van der Waals surface area contributed by atoms with Gasteiger partial charge < -0.3 is 19.7 Å². The predicted molar refractivity (Wildman–Crippen MR) is 89.4 cm³/mol. The highest BCUT2D eigenvalue weighted by molar-refractivity contribution is 5.77. The second-order valence-electron chi connectivity index (χ2n) is 6.66. The predicted octanol–water partition coefficient (Wildman–Crippen LogP) is 1.87. The molecule has 1 atom stereocenters. The molecule has 2 N–H and O–H groups in total.